The molecule has 156 valence electrons. The first-order valence-electron chi connectivity index (χ1n) is 9.30. The van der Waals surface area contributed by atoms with Crippen molar-refractivity contribution in [2.24, 2.45) is 0 Å². The van der Waals surface area contributed by atoms with Gasteiger partial charge in [0.05, 0.1) is 13.7 Å². The number of anilines is 1. The second-order valence-corrected chi connectivity index (χ2v) is 7.46. The molecule has 0 aliphatic heterocycles. The summed E-state index contributed by atoms with van der Waals surface area (Å²) in [5, 5.41) is 2.64. The first kappa shape index (κ1) is 22.1. The molecule has 0 bridgehead atoms. The molecule has 0 aliphatic rings. The number of benzene rings is 2. The Hall–Kier alpha value is -3.22. The standard InChI is InChI=1S/C22H28N2O5/c1-22(2,3)29-21(26)23-17-8-6-7-16(15-17)20(25)24(4)13-14-28-19-11-9-18(27-5)10-12-19/h6-12,15H,13-14H2,1-5H3,(H,23,26). The molecule has 0 saturated heterocycles. The third-order valence-electron chi connectivity index (χ3n) is 3.86. The molecular formula is C22H28N2O5. The summed E-state index contributed by atoms with van der Waals surface area (Å²) in [6.45, 7) is 6.12. The van der Waals surface area contributed by atoms with E-state index in [0.29, 0.717) is 30.2 Å². The highest BCUT2D eigenvalue weighted by molar-refractivity contribution is 5.96. The van der Waals surface area contributed by atoms with Crippen LogP contribution >= 0.6 is 0 Å². The predicted molar refractivity (Wildman–Crippen MR) is 112 cm³/mol. The lowest BCUT2D eigenvalue weighted by atomic mass is 10.1. The molecule has 7 heteroatoms. The van der Waals surface area contributed by atoms with Gasteiger partial charge in [-0.05, 0) is 63.2 Å². The van der Waals surface area contributed by atoms with Crippen LogP contribution in [0.2, 0.25) is 0 Å². The number of nitrogens with zero attached hydrogens (tertiary/aromatic N) is 1. The SMILES string of the molecule is COc1ccc(OCCN(C)C(=O)c2cccc(NC(=O)OC(C)(C)C)c2)cc1. The second kappa shape index (κ2) is 9.82. The molecule has 0 atom stereocenters. The lowest BCUT2D eigenvalue weighted by Crippen LogP contribution is -2.31. The fraction of sp³-hybridized carbons (Fsp3) is 0.364. The zero-order chi connectivity index (χ0) is 21.4. The number of nitrogens with one attached hydrogen (secondary N) is 1. The van der Waals surface area contributed by atoms with E-state index < -0.39 is 11.7 Å². The molecular weight excluding hydrogens is 372 g/mol. The van der Waals surface area contributed by atoms with E-state index in [0.717, 1.165) is 5.75 Å². The topological polar surface area (TPSA) is 77.1 Å². The van der Waals surface area contributed by atoms with Gasteiger partial charge in [0, 0.05) is 18.3 Å². The van der Waals surface area contributed by atoms with Crippen LogP contribution in [0.1, 0.15) is 31.1 Å². The number of hydrogen-bond donors (Lipinski definition) is 1. The summed E-state index contributed by atoms with van der Waals surface area (Å²) in [7, 11) is 3.31. The summed E-state index contributed by atoms with van der Waals surface area (Å²) in [4.78, 5) is 26.1. The number of amides is 2. The third-order valence-corrected chi connectivity index (χ3v) is 3.86. The van der Waals surface area contributed by atoms with Crippen LogP contribution in [0.3, 0.4) is 0 Å². The molecule has 2 aromatic carbocycles. The van der Waals surface area contributed by atoms with Crippen LogP contribution < -0.4 is 14.8 Å². The number of carbonyl (C=O) groups is 2. The highest BCUT2D eigenvalue weighted by Gasteiger charge is 2.17. The number of ether oxygens (including phenoxy) is 3. The molecule has 0 unspecified atom stereocenters. The van der Waals surface area contributed by atoms with Crippen molar-refractivity contribution in [3.63, 3.8) is 0 Å². The molecule has 0 fully saturated rings. The van der Waals surface area contributed by atoms with E-state index in [1.165, 1.54) is 0 Å². The highest BCUT2D eigenvalue weighted by Crippen LogP contribution is 2.17. The third kappa shape index (κ3) is 7.37. The molecule has 2 rings (SSSR count). The molecule has 2 aromatic rings. The van der Waals surface area contributed by atoms with Gasteiger partial charge in [0.25, 0.3) is 5.91 Å². The van der Waals surface area contributed by atoms with Crippen molar-refractivity contribution in [1.82, 2.24) is 4.90 Å². The van der Waals surface area contributed by atoms with E-state index >= 15 is 0 Å². The van der Waals surface area contributed by atoms with Gasteiger partial charge >= 0.3 is 6.09 Å². The van der Waals surface area contributed by atoms with E-state index in [2.05, 4.69) is 5.32 Å². The Labute approximate surface area is 171 Å². The highest BCUT2D eigenvalue weighted by atomic mass is 16.6. The summed E-state index contributed by atoms with van der Waals surface area (Å²) in [5.74, 6) is 1.29. The molecule has 0 aliphatic carbocycles. The quantitative estimate of drug-likeness (QED) is 0.754. The lowest BCUT2D eigenvalue weighted by Gasteiger charge is -2.20. The van der Waals surface area contributed by atoms with Crippen LogP contribution in [0.25, 0.3) is 0 Å². The Morgan fingerprint density at radius 3 is 2.31 bits per heavy atom. The zero-order valence-electron chi connectivity index (χ0n) is 17.5. The van der Waals surface area contributed by atoms with Crippen molar-refractivity contribution < 1.29 is 23.8 Å². The number of carbonyl (C=O) groups excluding carboxylic acids is 2. The van der Waals surface area contributed by atoms with Crippen LogP contribution in [0.5, 0.6) is 11.5 Å². The summed E-state index contributed by atoms with van der Waals surface area (Å²) < 4.78 is 16.0. The van der Waals surface area contributed by atoms with Gasteiger partial charge in [-0.15, -0.1) is 0 Å². The summed E-state index contributed by atoms with van der Waals surface area (Å²) in [5.41, 5.74) is 0.361. The minimum absolute atomic E-state index is 0.170. The minimum atomic E-state index is -0.596. The number of likely N-dealkylation sites (N-methyl/N-ethyl adjacent to an activating group) is 1. The molecule has 0 spiro atoms. The van der Waals surface area contributed by atoms with Gasteiger partial charge in [0.2, 0.25) is 0 Å². The van der Waals surface area contributed by atoms with Gasteiger partial charge in [-0.25, -0.2) is 4.79 Å². The van der Waals surface area contributed by atoms with E-state index in [1.54, 1.807) is 64.1 Å². The van der Waals surface area contributed by atoms with Gasteiger partial charge in [-0.1, -0.05) is 6.07 Å². The van der Waals surface area contributed by atoms with Crippen LogP contribution in [-0.2, 0) is 4.74 Å². The Bertz CT molecular complexity index is 828. The summed E-state index contributed by atoms with van der Waals surface area (Å²) in [6.07, 6.45) is -0.566. The molecule has 0 saturated carbocycles. The maximum absolute atomic E-state index is 12.6. The number of rotatable bonds is 7. The molecule has 0 heterocycles. The van der Waals surface area contributed by atoms with Crippen LogP contribution in [-0.4, -0.2) is 49.8 Å². The van der Waals surface area contributed by atoms with Crippen molar-refractivity contribution in [1.29, 1.82) is 0 Å². The molecule has 0 aromatic heterocycles. The van der Waals surface area contributed by atoms with Gasteiger partial charge in [0.15, 0.2) is 0 Å². The first-order chi connectivity index (χ1) is 13.7. The van der Waals surface area contributed by atoms with Crippen molar-refractivity contribution in [2.45, 2.75) is 26.4 Å². The summed E-state index contributed by atoms with van der Waals surface area (Å²) >= 11 is 0. The van der Waals surface area contributed by atoms with Crippen molar-refractivity contribution in [3.05, 3.63) is 54.1 Å². The Morgan fingerprint density at radius 1 is 1.03 bits per heavy atom. The van der Waals surface area contributed by atoms with Gasteiger partial charge in [-0.3, -0.25) is 10.1 Å². The average molecular weight is 400 g/mol. The van der Waals surface area contributed by atoms with Gasteiger partial charge in [0.1, 0.15) is 23.7 Å². The Morgan fingerprint density at radius 2 is 1.69 bits per heavy atom. The monoisotopic (exact) mass is 400 g/mol. The maximum atomic E-state index is 12.6. The molecule has 0 radical (unpaired) electrons. The van der Waals surface area contributed by atoms with Gasteiger partial charge < -0.3 is 19.1 Å². The maximum Gasteiger partial charge on any atom is 0.412 e. The molecule has 2 amide bonds. The van der Waals surface area contributed by atoms with E-state index in [-0.39, 0.29) is 5.91 Å². The molecule has 7 nitrogen and oxygen atoms in total. The van der Waals surface area contributed by atoms with Crippen LogP contribution in [0, 0.1) is 0 Å². The van der Waals surface area contributed by atoms with Crippen molar-refractivity contribution in [2.75, 3.05) is 32.6 Å². The summed E-state index contributed by atoms with van der Waals surface area (Å²) in [6, 6.07) is 14.0. The normalized spacial score (nSPS) is 10.8. The van der Waals surface area contributed by atoms with Gasteiger partial charge in [-0.2, -0.15) is 0 Å². The smallest absolute Gasteiger partial charge is 0.412 e. The lowest BCUT2D eigenvalue weighted by molar-refractivity contribution is 0.0635. The van der Waals surface area contributed by atoms with Crippen molar-refractivity contribution in [3.8, 4) is 11.5 Å². The fourth-order valence-electron chi connectivity index (χ4n) is 2.45. The first-order valence-corrected chi connectivity index (χ1v) is 9.30. The van der Waals surface area contributed by atoms with Crippen LogP contribution in [0.4, 0.5) is 10.5 Å². The average Bonchev–Trinajstić information content (AvgIpc) is 2.66. The number of hydrogen-bond acceptors (Lipinski definition) is 5. The van der Waals surface area contributed by atoms with Crippen molar-refractivity contribution >= 4 is 17.7 Å². The molecule has 1 N–H and O–H groups in total. The number of methoxy groups -OCH3 is 1. The molecule has 29 heavy (non-hydrogen) atoms. The van der Waals surface area contributed by atoms with E-state index in [1.807, 2.05) is 24.3 Å². The van der Waals surface area contributed by atoms with E-state index in [9.17, 15) is 9.59 Å². The Balaban J connectivity index is 1.88. The van der Waals surface area contributed by atoms with E-state index in [4.69, 9.17) is 14.2 Å². The Kier molecular flexibility index (Phi) is 7.47. The zero-order valence-corrected chi connectivity index (χ0v) is 17.5. The largest absolute Gasteiger partial charge is 0.497 e. The van der Waals surface area contributed by atoms with Crippen LogP contribution in [0.15, 0.2) is 48.5 Å². The fourth-order valence-corrected chi connectivity index (χ4v) is 2.45. The second-order valence-electron chi connectivity index (χ2n) is 7.46. The predicted octanol–water partition coefficient (Wildman–Crippen LogP) is 4.19. The minimum Gasteiger partial charge on any atom is -0.497 e.